The first-order valence-corrected chi connectivity index (χ1v) is 7.98. The molecule has 3 atom stereocenters. The second kappa shape index (κ2) is 5.70. The van der Waals surface area contributed by atoms with Gasteiger partial charge in [-0.1, -0.05) is 6.92 Å². The normalized spacial score (nSPS) is 29.9. The van der Waals surface area contributed by atoms with E-state index >= 15 is 0 Å². The summed E-state index contributed by atoms with van der Waals surface area (Å²) < 4.78 is 28.4. The summed E-state index contributed by atoms with van der Waals surface area (Å²) >= 11 is 3.14. The van der Waals surface area contributed by atoms with Crippen molar-refractivity contribution in [2.45, 2.75) is 25.9 Å². The zero-order valence-electron chi connectivity index (χ0n) is 11.5. The van der Waals surface area contributed by atoms with Crippen LogP contribution in [0.5, 0.6) is 0 Å². The van der Waals surface area contributed by atoms with Gasteiger partial charge in [0.05, 0.1) is 4.47 Å². The average molecular weight is 345 g/mol. The van der Waals surface area contributed by atoms with Gasteiger partial charge in [-0.3, -0.25) is 4.90 Å². The van der Waals surface area contributed by atoms with Crippen molar-refractivity contribution in [3.05, 3.63) is 33.8 Å². The molecular formula is C15H19BrF2N2. The van der Waals surface area contributed by atoms with Gasteiger partial charge in [-0.2, -0.15) is 0 Å². The van der Waals surface area contributed by atoms with Crippen molar-refractivity contribution in [3.63, 3.8) is 0 Å². The Bertz CT molecular complexity index is 509. The molecule has 1 aromatic rings. The van der Waals surface area contributed by atoms with Crippen molar-refractivity contribution in [1.29, 1.82) is 0 Å². The molecule has 0 saturated carbocycles. The summed E-state index contributed by atoms with van der Waals surface area (Å²) in [7, 11) is 0. The lowest BCUT2D eigenvalue weighted by Gasteiger charge is -2.27. The van der Waals surface area contributed by atoms with E-state index in [0.29, 0.717) is 28.9 Å². The van der Waals surface area contributed by atoms with E-state index in [1.807, 2.05) is 0 Å². The molecule has 2 heterocycles. The van der Waals surface area contributed by atoms with Crippen LogP contribution in [0.15, 0.2) is 16.6 Å². The number of nitrogens with one attached hydrogen (secondary N) is 1. The molecule has 2 saturated heterocycles. The van der Waals surface area contributed by atoms with E-state index in [0.717, 1.165) is 26.1 Å². The van der Waals surface area contributed by atoms with Gasteiger partial charge in [0.15, 0.2) is 0 Å². The monoisotopic (exact) mass is 344 g/mol. The Morgan fingerprint density at radius 1 is 1.35 bits per heavy atom. The van der Waals surface area contributed by atoms with Crippen LogP contribution >= 0.6 is 15.9 Å². The maximum Gasteiger partial charge on any atom is 0.144 e. The highest BCUT2D eigenvalue weighted by molar-refractivity contribution is 9.10. The zero-order valence-corrected chi connectivity index (χ0v) is 13.1. The number of nitrogens with zero attached hydrogens (tertiary/aromatic N) is 1. The van der Waals surface area contributed by atoms with Crippen LogP contribution in [0.2, 0.25) is 0 Å². The largest absolute Gasteiger partial charge is 0.316 e. The summed E-state index contributed by atoms with van der Waals surface area (Å²) in [5.74, 6) is 0.335. The first-order chi connectivity index (χ1) is 9.61. The first-order valence-electron chi connectivity index (χ1n) is 7.19. The summed E-state index contributed by atoms with van der Waals surface area (Å²) in [5, 5.41) is 3.42. The molecule has 0 bridgehead atoms. The molecule has 2 fully saturated rings. The Hall–Kier alpha value is -0.520. The van der Waals surface area contributed by atoms with Crippen LogP contribution in [0.4, 0.5) is 8.78 Å². The van der Waals surface area contributed by atoms with Crippen molar-refractivity contribution in [1.82, 2.24) is 10.2 Å². The molecule has 1 N–H and O–H groups in total. The van der Waals surface area contributed by atoms with Crippen LogP contribution < -0.4 is 5.32 Å². The van der Waals surface area contributed by atoms with Gasteiger partial charge in [0.1, 0.15) is 11.6 Å². The van der Waals surface area contributed by atoms with Crippen LogP contribution in [0.25, 0.3) is 0 Å². The van der Waals surface area contributed by atoms with Gasteiger partial charge in [-0.25, -0.2) is 8.78 Å². The molecule has 0 amide bonds. The predicted octanol–water partition coefficient (Wildman–Crippen LogP) is 3.16. The molecule has 2 aliphatic heterocycles. The third kappa shape index (κ3) is 2.40. The van der Waals surface area contributed by atoms with E-state index in [1.165, 1.54) is 12.1 Å². The number of hydrogen-bond acceptors (Lipinski definition) is 2. The molecule has 20 heavy (non-hydrogen) atoms. The second-order valence-electron chi connectivity index (χ2n) is 5.81. The molecule has 0 radical (unpaired) electrons. The Labute approximate surface area is 126 Å². The van der Waals surface area contributed by atoms with Crippen LogP contribution in [0, 0.1) is 23.5 Å². The fraction of sp³-hybridized carbons (Fsp3) is 0.600. The second-order valence-corrected chi connectivity index (χ2v) is 6.66. The molecule has 5 heteroatoms. The topological polar surface area (TPSA) is 15.3 Å². The summed E-state index contributed by atoms with van der Waals surface area (Å²) in [6, 6.07) is 3.18. The lowest BCUT2D eigenvalue weighted by molar-refractivity contribution is 0.205. The van der Waals surface area contributed by atoms with E-state index in [9.17, 15) is 8.78 Å². The van der Waals surface area contributed by atoms with Gasteiger partial charge >= 0.3 is 0 Å². The summed E-state index contributed by atoms with van der Waals surface area (Å²) in [6.45, 7) is 5.51. The summed E-state index contributed by atoms with van der Waals surface area (Å²) in [5.41, 5.74) is 0.186. The summed E-state index contributed by atoms with van der Waals surface area (Å²) in [6.07, 6.45) is 1.03. The van der Waals surface area contributed by atoms with Crippen molar-refractivity contribution >= 4 is 15.9 Å². The lowest BCUT2D eigenvalue weighted by Crippen LogP contribution is -2.35. The van der Waals surface area contributed by atoms with E-state index in [-0.39, 0.29) is 5.56 Å². The van der Waals surface area contributed by atoms with Gasteiger partial charge in [0, 0.05) is 24.7 Å². The van der Waals surface area contributed by atoms with E-state index in [1.54, 1.807) is 0 Å². The van der Waals surface area contributed by atoms with Gasteiger partial charge in [0.2, 0.25) is 0 Å². The molecule has 0 aromatic heterocycles. The molecule has 0 spiro atoms. The van der Waals surface area contributed by atoms with Gasteiger partial charge < -0.3 is 5.32 Å². The SMILES string of the molecule is CCC1C2CNCC2CN1Cc1c(F)ccc(Br)c1F. The Morgan fingerprint density at radius 2 is 2.15 bits per heavy atom. The molecule has 3 unspecified atom stereocenters. The zero-order chi connectivity index (χ0) is 14.3. The van der Waals surface area contributed by atoms with Crippen LogP contribution in [0.1, 0.15) is 18.9 Å². The number of halogens is 3. The minimum Gasteiger partial charge on any atom is -0.316 e. The molecule has 2 nitrogen and oxygen atoms in total. The van der Waals surface area contributed by atoms with E-state index < -0.39 is 11.6 Å². The number of benzene rings is 1. The molecule has 1 aromatic carbocycles. The minimum absolute atomic E-state index is 0.186. The maximum absolute atomic E-state index is 14.1. The average Bonchev–Trinajstić information content (AvgIpc) is 2.99. The van der Waals surface area contributed by atoms with Gasteiger partial charge in [-0.15, -0.1) is 0 Å². The molecule has 2 aliphatic rings. The van der Waals surface area contributed by atoms with Crippen molar-refractivity contribution in [2.75, 3.05) is 19.6 Å². The van der Waals surface area contributed by atoms with E-state index in [2.05, 4.69) is 33.1 Å². The van der Waals surface area contributed by atoms with Gasteiger partial charge in [0.25, 0.3) is 0 Å². The highest BCUT2D eigenvalue weighted by Crippen LogP contribution is 2.36. The van der Waals surface area contributed by atoms with Crippen LogP contribution in [-0.2, 0) is 6.54 Å². The van der Waals surface area contributed by atoms with Gasteiger partial charge in [-0.05, 0) is 59.4 Å². The maximum atomic E-state index is 14.1. The molecule has 0 aliphatic carbocycles. The number of hydrogen-bond donors (Lipinski definition) is 1. The number of fused-ring (bicyclic) bond motifs is 1. The minimum atomic E-state index is -0.463. The van der Waals surface area contributed by atoms with Crippen LogP contribution in [-0.4, -0.2) is 30.6 Å². The van der Waals surface area contributed by atoms with Crippen molar-refractivity contribution in [2.24, 2.45) is 11.8 Å². The smallest absolute Gasteiger partial charge is 0.144 e. The number of likely N-dealkylation sites (tertiary alicyclic amines) is 1. The fourth-order valence-electron chi connectivity index (χ4n) is 3.77. The highest BCUT2D eigenvalue weighted by Gasteiger charge is 2.43. The Balaban J connectivity index is 1.83. The third-order valence-electron chi connectivity index (χ3n) is 4.74. The Kier molecular flexibility index (Phi) is 4.11. The molecule has 110 valence electrons. The lowest BCUT2D eigenvalue weighted by atomic mass is 9.93. The van der Waals surface area contributed by atoms with E-state index in [4.69, 9.17) is 0 Å². The molecule has 3 rings (SSSR count). The predicted molar refractivity (Wildman–Crippen MR) is 78.4 cm³/mol. The highest BCUT2D eigenvalue weighted by atomic mass is 79.9. The number of rotatable bonds is 3. The standard InChI is InChI=1S/C15H19BrF2N2/c1-2-14-10-6-19-5-9(10)7-20(14)8-11-13(17)4-3-12(16)15(11)18/h3-4,9-10,14,19H,2,5-8H2,1H3. The third-order valence-corrected chi connectivity index (χ3v) is 5.36. The summed E-state index contributed by atoms with van der Waals surface area (Å²) in [4.78, 5) is 2.25. The Morgan fingerprint density at radius 3 is 2.90 bits per heavy atom. The molecular weight excluding hydrogens is 326 g/mol. The first kappa shape index (κ1) is 14.4. The quantitative estimate of drug-likeness (QED) is 0.847. The van der Waals surface area contributed by atoms with Crippen molar-refractivity contribution < 1.29 is 8.78 Å². The van der Waals surface area contributed by atoms with Crippen LogP contribution in [0.3, 0.4) is 0 Å². The van der Waals surface area contributed by atoms with Crippen molar-refractivity contribution in [3.8, 4) is 0 Å². The fourth-order valence-corrected chi connectivity index (χ4v) is 4.14.